The highest BCUT2D eigenvalue weighted by molar-refractivity contribution is 6.75. The van der Waals surface area contributed by atoms with Gasteiger partial charge in [-0.25, -0.2) is 9.37 Å². The number of nitrogens with zero attached hydrogens (tertiary/aromatic N) is 2. The Morgan fingerprint density at radius 2 is 2.00 bits per heavy atom. The first-order valence-corrected chi connectivity index (χ1v) is 8.06. The number of aromatic nitrogens is 2. The Hall–Kier alpha value is -1.16. The predicted octanol–water partition coefficient (Wildman–Crippen LogP) is 2.86. The summed E-state index contributed by atoms with van der Waals surface area (Å²) in [5, 5.41) is 0. The van der Waals surface area contributed by atoms with Gasteiger partial charge >= 0.3 is 0 Å². The summed E-state index contributed by atoms with van der Waals surface area (Å²) in [6, 6.07) is 4.73. The van der Waals surface area contributed by atoms with Gasteiger partial charge in [-0.3, -0.25) is 0 Å². The summed E-state index contributed by atoms with van der Waals surface area (Å²) < 4.78 is 15.2. The lowest BCUT2D eigenvalue weighted by Gasteiger charge is -2.18. The number of fused-ring (bicyclic) bond motifs is 1. The molecule has 0 radical (unpaired) electrons. The third-order valence-electron chi connectivity index (χ3n) is 2.23. The van der Waals surface area contributed by atoms with Crippen molar-refractivity contribution in [1.29, 1.82) is 0 Å². The highest BCUT2D eigenvalue weighted by atomic mass is 28.3. The van der Waals surface area contributed by atoms with Gasteiger partial charge in [0.15, 0.2) is 8.24 Å². The van der Waals surface area contributed by atoms with Crippen LogP contribution in [0.3, 0.4) is 0 Å². The summed E-state index contributed by atoms with van der Waals surface area (Å²) in [6.45, 7) is 6.62. The Kier molecular flexibility index (Phi) is 1.96. The second-order valence-electron chi connectivity index (χ2n) is 4.42. The van der Waals surface area contributed by atoms with Crippen LogP contribution >= 0.6 is 0 Å². The average molecular weight is 208 g/mol. The third kappa shape index (κ3) is 1.46. The Morgan fingerprint density at radius 3 is 2.64 bits per heavy atom. The highest BCUT2D eigenvalue weighted by Gasteiger charge is 2.18. The van der Waals surface area contributed by atoms with Gasteiger partial charge in [0.05, 0.1) is 17.4 Å². The second-order valence-corrected chi connectivity index (χ2v) is 9.24. The largest absolute Gasteiger partial charge is 0.359 e. The first kappa shape index (κ1) is 9.39. The molecule has 0 saturated carbocycles. The summed E-state index contributed by atoms with van der Waals surface area (Å²) in [5.41, 5.74) is 1.78. The molecule has 2 nitrogen and oxygen atoms in total. The van der Waals surface area contributed by atoms with Gasteiger partial charge in [-0.2, -0.15) is 0 Å². The van der Waals surface area contributed by atoms with E-state index in [0.29, 0.717) is 0 Å². The van der Waals surface area contributed by atoms with Crippen molar-refractivity contribution in [1.82, 2.24) is 9.22 Å². The number of halogens is 1. The smallest absolute Gasteiger partial charge is 0.154 e. The van der Waals surface area contributed by atoms with Crippen LogP contribution in [0, 0.1) is 5.82 Å². The van der Waals surface area contributed by atoms with Crippen molar-refractivity contribution >= 4 is 19.3 Å². The first-order chi connectivity index (χ1) is 6.48. The fourth-order valence-electron chi connectivity index (χ4n) is 1.52. The molecule has 0 spiro atoms. The van der Waals surface area contributed by atoms with Crippen molar-refractivity contribution in [3.05, 3.63) is 30.3 Å². The van der Waals surface area contributed by atoms with E-state index in [1.807, 2.05) is 6.33 Å². The minimum atomic E-state index is -1.48. The molecule has 0 amide bonds. The van der Waals surface area contributed by atoms with E-state index >= 15 is 0 Å². The van der Waals surface area contributed by atoms with E-state index in [0.717, 1.165) is 11.0 Å². The molecule has 1 aromatic heterocycles. The van der Waals surface area contributed by atoms with Crippen molar-refractivity contribution in [3.63, 3.8) is 0 Å². The molecule has 2 rings (SSSR count). The fourth-order valence-corrected chi connectivity index (χ4v) is 2.82. The molecule has 0 aliphatic rings. The molecule has 4 heteroatoms. The third-order valence-corrected chi connectivity index (χ3v) is 4.03. The number of hydrogen-bond donors (Lipinski definition) is 0. The standard InChI is InChI=1S/C10H13FN2Si/c1-14(2,3)13-7-12-9-5-4-8(11)6-10(9)13/h4-7H,1-3H3. The van der Waals surface area contributed by atoms with Gasteiger partial charge < -0.3 is 4.23 Å². The molecule has 0 aliphatic heterocycles. The van der Waals surface area contributed by atoms with E-state index in [-0.39, 0.29) is 5.82 Å². The zero-order chi connectivity index (χ0) is 10.3. The van der Waals surface area contributed by atoms with Crippen LogP contribution in [0.15, 0.2) is 24.5 Å². The molecule has 0 atom stereocenters. The molecule has 0 N–H and O–H groups in total. The summed E-state index contributed by atoms with van der Waals surface area (Å²) in [7, 11) is -1.48. The first-order valence-electron chi connectivity index (χ1n) is 4.61. The Bertz CT molecular complexity index is 470. The zero-order valence-corrected chi connectivity index (χ0v) is 9.58. The molecular weight excluding hydrogens is 195 g/mol. The molecule has 14 heavy (non-hydrogen) atoms. The minimum absolute atomic E-state index is 0.197. The van der Waals surface area contributed by atoms with Crippen molar-refractivity contribution in [2.24, 2.45) is 0 Å². The second kappa shape index (κ2) is 2.92. The van der Waals surface area contributed by atoms with Crippen molar-refractivity contribution in [3.8, 4) is 0 Å². The van der Waals surface area contributed by atoms with Gasteiger partial charge in [0.1, 0.15) is 5.82 Å². The number of rotatable bonds is 1. The normalized spacial score (nSPS) is 12.3. The molecule has 0 fully saturated rings. The van der Waals surface area contributed by atoms with Gasteiger partial charge in [0, 0.05) is 0 Å². The maximum Gasteiger partial charge on any atom is 0.154 e. The molecule has 0 aliphatic carbocycles. The van der Waals surface area contributed by atoms with Crippen molar-refractivity contribution in [2.45, 2.75) is 19.6 Å². The van der Waals surface area contributed by atoms with Crippen LogP contribution in [0.2, 0.25) is 19.6 Å². The Morgan fingerprint density at radius 1 is 1.29 bits per heavy atom. The molecule has 0 bridgehead atoms. The Balaban J connectivity index is 2.73. The number of benzene rings is 1. The molecule has 0 saturated heterocycles. The van der Waals surface area contributed by atoms with E-state index in [1.165, 1.54) is 6.07 Å². The number of hydrogen-bond acceptors (Lipinski definition) is 1. The van der Waals surface area contributed by atoms with Crippen molar-refractivity contribution < 1.29 is 4.39 Å². The van der Waals surface area contributed by atoms with Crippen LogP contribution in [0.1, 0.15) is 0 Å². The lowest BCUT2D eigenvalue weighted by Crippen LogP contribution is -2.31. The summed E-state index contributed by atoms with van der Waals surface area (Å²) in [6.07, 6.45) is 1.82. The van der Waals surface area contributed by atoms with E-state index in [9.17, 15) is 4.39 Å². The van der Waals surface area contributed by atoms with E-state index in [4.69, 9.17) is 0 Å². The van der Waals surface area contributed by atoms with E-state index in [1.54, 1.807) is 12.1 Å². The zero-order valence-electron chi connectivity index (χ0n) is 8.58. The fraction of sp³-hybridized carbons (Fsp3) is 0.300. The Labute approximate surface area is 83.5 Å². The SMILES string of the molecule is C[Si](C)(C)n1cnc2ccc(F)cc21. The molecule has 1 aromatic carbocycles. The van der Waals surface area contributed by atoms with Crippen LogP contribution in [0.5, 0.6) is 0 Å². The molecule has 2 aromatic rings. The number of imidazole rings is 1. The van der Waals surface area contributed by atoms with Crippen LogP contribution in [-0.4, -0.2) is 17.5 Å². The topological polar surface area (TPSA) is 17.8 Å². The van der Waals surface area contributed by atoms with Crippen LogP contribution in [0.25, 0.3) is 11.0 Å². The summed E-state index contributed by atoms with van der Waals surface area (Å²) in [5.74, 6) is -0.197. The quantitative estimate of drug-likeness (QED) is 0.659. The highest BCUT2D eigenvalue weighted by Crippen LogP contribution is 2.18. The minimum Gasteiger partial charge on any atom is -0.359 e. The van der Waals surface area contributed by atoms with E-state index < -0.39 is 8.24 Å². The summed E-state index contributed by atoms with van der Waals surface area (Å²) >= 11 is 0. The van der Waals surface area contributed by atoms with Gasteiger partial charge in [0.2, 0.25) is 0 Å². The summed E-state index contributed by atoms with van der Waals surface area (Å²) in [4.78, 5) is 4.26. The average Bonchev–Trinajstić information content (AvgIpc) is 2.45. The van der Waals surface area contributed by atoms with Crippen LogP contribution in [-0.2, 0) is 0 Å². The monoisotopic (exact) mass is 208 g/mol. The van der Waals surface area contributed by atoms with Crippen LogP contribution in [0.4, 0.5) is 4.39 Å². The molecular formula is C10H13FN2Si. The van der Waals surface area contributed by atoms with Gasteiger partial charge in [0.25, 0.3) is 0 Å². The predicted molar refractivity (Wildman–Crippen MR) is 58.4 cm³/mol. The maximum atomic E-state index is 13.1. The van der Waals surface area contributed by atoms with Crippen LogP contribution < -0.4 is 0 Å². The van der Waals surface area contributed by atoms with E-state index in [2.05, 4.69) is 28.9 Å². The molecule has 1 heterocycles. The lowest BCUT2D eigenvalue weighted by molar-refractivity contribution is 0.629. The molecule has 0 unspecified atom stereocenters. The van der Waals surface area contributed by atoms with Gasteiger partial charge in [-0.1, -0.05) is 19.6 Å². The molecule has 74 valence electrons. The van der Waals surface area contributed by atoms with Gasteiger partial charge in [-0.15, -0.1) is 0 Å². The van der Waals surface area contributed by atoms with Crippen molar-refractivity contribution in [2.75, 3.05) is 0 Å². The maximum absolute atomic E-state index is 13.1. The lowest BCUT2D eigenvalue weighted by atomic mass is 10.3. The van der Waals surface area contributed by atoms with Gasteiger partial charge in [-0.05, 0) is 18.2 Å².